The maximum Gasteiger partial charge on any atom is 0.338 e. The topological polar surface area (TPSA) is 144 Å². The molecule has 2 aromatic heterocycles. The molecule has 0 radical (unpaired) electrons. The molecule has 0 spiro atoms. The van der Waals surface area contributed by atoms with Gasteiger partial charge in [0.15, 0.2) is 6.73 Å². The highest BCUT2D eigenvalue weighted by atomic mass is 16.6. The number of hydrogen-bond donors (Lipinski definition) is 0. The highest BCUT2D eigenvalue weighted by Gasteiger charge is 2.41. The van der Waals surface area contributed by atoms with E-state index in [1.807, 2.05) is 38.1 Å². The zero-order chi connectivity index (χ0) is 35.5. The Kier molecular flexibility index (Phi) is 10.3. The lowest BCUT2D eigenvalue weighted by molar-refractivity contribution is -0.157. The van der Waals surface area contributed by atoms with Crippen molar-refractivity contribution >= 4 is 41.2 Å². The summed E-state index contributed by atoms with van der Waals surface area (Å²) in [6, 6.07) is 15.6. The number of hydrogen-bond acceptors (Lipinski definition) is 10. The summed E-state index contributed by atoms with van der Waals surface area (Å²) in [6.07, 6.45) is 0.809. The van der Waals surface area contributed by atoms with Crippen molar-refractivity contribution in [1.82, 2.24) is 19.0 Å². The van der Waals surface area contributed by atoms with Crippen LogP contribution in [-0.2, 0) is 30.5 Å². The van der Waals surface area contributed by atoms with E-state index in [0.717, 1.165) is 11.1 Å². The van der Waals surface area contributed by atoms with Gasteiger partial charge in [-0.25, -0.2) is 24.1 Å². The predicted molar refractivity (Wildman–Crippen MR) is 182 cm³/mol. The van der Waals surface area contributed by atoms with Gasteiger partial charge in [0.1, 0.15) is 30.6 Å². The Bertz CT molecular complexity index is 1920. The molecule has 5 rings (SSSR count). The minimum Gasteiger partial charge on any atom is -0.459 e. The second-order valence-corrected chi connectivity index (χ2v) is 13.3. The van der Waals surface area contributed by atoms with E-state index >= 15 is 0 Å². The summed E-state index contributed by atoms with van der Waals surface area (Å²) in [5, 5.41) is 0. The molecule has 1 saturated heterocycles. The van der Waals surface area contributed by atoms with E-state index in [9.17, 15) is 19.2 Å². The van der Waals surface area contributed by atoms with Crippen molar-refractivity contribution in [1.29, 1.82) is 0 Å². The van der Waals surface area contributed by atoms with E-state index in [1.165, 1.54) is 10.9 Å². The largest absolute Gasteiger partial charge is 0.459 e. The number of fused-ring (bicyclic) bond motifs is 1. The van der Waals surface area contributed by atoms with Gasteiger partial charge in [-0.2, -0.15) is 0 Å². The molecule has 0 saturated carbocycles. The monoisotopic (exact) mass is 671 g/mol. The van der Waals surface area contributed by atoms with Crippen molar-refractivity contribution in [3.63, 3.8) is 0 Å². The number of aliphatic imine (C=N–C) groups is 1. The summed E-state index contributed by atoms with van der Waals surface area (Å²) in [5.41, 5.74) is 1.90. The smallest absolute Gasteiger partial charge is 0.338 e. The lowest BCUT2D eigenvalue weighted by Gasteiger charge is -2.19. The molecule has 3 heterocycles. The number of rotatable bonds is 10. The molecule has 0 unspecified atom stereocenters. The minimum absolute atomic E-state index is 0.0452. The van der Waals surface area contributed by atoms with Crippen LogP contribution in [-0.4, -0.2) is 76.2 Å². The molecule has 258 valence electrons. The van der Waals surface area contributed by atoms with Crippen LogP contribution in [0.25, 0.3) is 11.0 Å². The van der Waals surface area contributed by atoms with E-state index in [4.69, 9.17) is 18.9 Å². The van der Waals surface area contributed by atoms with Crippen LogP contribution in [0.15, 0.2) is 70.6 Å². The Morgan fingerprint density at radius 3 is 2.16 bits per heavy atom. The van der Waals surface area contributed by atoms with E-state index in [0.29, 0.717) is 16.6 Å². The van der Waals surface area contributed by atoms with Gasteiger partial charge in [0.05, 0.1) is 28.4 Å². The SMILES string of the molecule is Cc1ccc(C(=O)OC[C@H]2O[C@H](n3ccc4nc(/N=C/N(C)C)n(COC(=O)C(C)(C)C)c(=O)c43)C[C@@H]2OC(=O)c2ccc(C)cc2)cc1. The molecule has 1 aliphatic heterocycles. The average molecular weight is 672 g/mol. The summed E-state index contributed by atoms with van der Waals surface area (Å²) in [5.74, 6) is -1.57. The van der Waals surface area contributed by atoms with Crippen LogP contribution >= 0.6 is 0 Å². The predicted octanol–water partition coefficient (Wildman–Crippen LogP) is 4.95. The Hall–Kier alpha value is -5.30. The molecule has 13 heteroatoms. The standard InChI is InChI=1S/C36H41N5O8/c1-22-8-12-24(13-9-22)32(43)46-19-28-27(49-33(44)25-14-10-23(2)11-15-25)18-29(48-28)40-17-16-26-30(40)31(42)41(21-47-34(45)36(3,4)5)35(38-26)37-20-39(6)7/h8-17,20,27-29H,18-19,21H2,1-7H3/b37-20+/t27-,28+,29-/m0/s1. The number of esters is 3. The molecule has 3 atom stereocenters. The minimum atomic E-state index is -0.849. The van der Waals surface area contributed by atoms with Crippen molar-refractivity contribution in [2.45, 2.75) is 66.2 Å². The average Bonchev–Trinajstić information content (AvgIpc) is 3.66. The molecular weight excluding hydrogens is 630 g/mol. The molecule has 0 aliphatic carbocycles. The lowest BCUT2D eigenvalue weighted by atomic mass is 9.98. The van der Waals surface area contributed by atoms with Gasteiger partial charge in [-0.05, 0) is 65.0 Å². The van der Waals surface area contributed by atoms with E-state index in [-0.39, 0.29) is 24.5 Å². The maximum absolute atomic E-state index is 14.1. The Balaban J connectivity index is 1.46. The summed E-state index contributed by atoms with van der Waals surface area (Å²) in [4.78, 5) is 63.3. The van der Waals surface area contributed by atoms with Crippen molar-refractivity contribution in [2.24, 2.45) is 10.4 Å². The molecule has 0 bridgehead atoms. The van der Waals surface area contributed by atoms with Gasteiger partial charge >= 0.3 is 17.9 Å². The van der Waals surface area contributed by atoms with Crippen molar-refractivity contribution in [3.05, 3.63) is 93.4 Å². The molecule has 0 amide bonds. The molecule has 0 N–H and O–H groups in total. The Labute approximate surface area is 284 Å². The molecule has 4 aromatic rings. The molecule has 1 fully saturated rings. The zero-order valence-corrected chi connectivity index (χ0v) is 28.7. The lowest BCUT2D eigenvalue weighted by Crippen LogP contribution is -2.32. The third kappa shape index (κ3) is 8.23. The first kappa shape index (κ1) is 35.0. The second kappa shape index (κ2) is 14.4. The van der Waals surface area contributed by atoms with E-state index in [2.05, 4.69) is 9.98 Å². The van der Waals surface area contributed by atoms with Crippen LogP contribution in [0.4, 0.5) is 5.95 Å². The summed E-state index contributed by atoms with van der Waals surface area (Å²) >= 11 is 0. The number of carbonyl (C=O) groups is 3. The molecule has 2 aromatic carbocycles. The van der Waals surface area contributed by atoms with Crippen molar-refractivity contribution in [3.8, 4) is 0 Å². The third-order valence-corrected chi connectivity index (χ3v) is 7.85. The van der Waals surface area contributed by atoms with Crippen LogP contribution in [0.2, 0.25) is 0 Å². The quantitative estimate of drug-likeness (QED) is 0.0983. The number of aryl methyl sites for hydroxylation is 2. The normalized spacial score (nSPS) is 17.7. The van der Waals surface area contributed by atoms with Crippen LogP contribution in [0.3, 0.4) is 0 Å². The summed E-state index contributed by atoms with van der Waals surface area (Å²) < 4.78 is 26.1. The Morgan fingerprint density at radius 2 is 1.57 bits per heavy atom. The van der Waals surface area contributed by atoms with E-state index < -0.39 is 54.0 Å². The highest BCUT2D eigenvalue weighted by Crippen LogP contribution is 2.34. The fourth-order valence-corrected chi connectivity index (χ4v) is 5.07. The first-order valence-electron chi connectivity index (χ1n) is 15.9. The van der Waals surface area contributed by atoms with E-state index in [1.54, 1.807) is 80.9 Å². The fourth-order valence-electron chi connectivity index (χ4n) is 5.07. The van der Waals surface area contributed by atoms with Gasteiger partial charge in [-0.1, -0.05) is 35.4 Å². The van der Waals surface area contributed by atoms with Gasteiger partial charge in [0.2, 0.25) is 5.95 Å². The number of nitrogens with zero attached hydrogens (tertiary/aromatic N) is 5. The maximum atomic E-state index is 14.1. The third-order valence-electron chi connectivity index (χ3n) is 7.85. The van der Waals surface area contributed by atoms with Crippen molar-refractivity contribution < 1.29 is 33.3 Å². The van der Waals surface area contributed by atoms with Crippen molar-refractivity contribution in [2.75, 3.05) is 20.7 Å². The van der Waals surface area contributed by atoms with Gasteiger partial charge in [-0.15, -0.1) is 0 Å². The van der Waals surface area contributed by atoms with Gasteiger partial charge in [0, 0.05) is 26.7 Å². The zero-order valence-electron chi connectivity index (χ0n) is 28.7. The first-order valence-corrected chi connectivity index (χ1v) is 15.9. The van der Waals surface area contributed by atoms with Gasteiger partial charge < -0.3 is 28.4 Å². The number of ether oxygens (including phenoxy) is 4. The van der Waals surface area contributed by atoms with Crippen LogP contribution < -0.4 is 5.56 Å². The number of carbonyl (C=O) groups excluding carboxylic acids is 3. The highest BCUT2D eigenvalue weighted by molar-refractivity contribution is 5.90. The number of aromatic nitrogens is 3. The van der Waals surface area contributed by atoms with Gasteiger partial charge in [0.25, 0.3) is 5.56 Å². The van der Waals surface area contributed by atoms with Gasteiger partial charge in [-0.3, -0.25) is 9.59 Å². The van der Waals surface area contributed by atoms with Crippen LogP contribution in [0.5, 0.6) is 0 Å². The van der Waals surface area contributed by atoms with Crippen LogP contribution in [0.1, 0.15) is 65.3 Å². The fraction of sp³-hybridized carbons (Fsp3) is 0.389. The molecule has 49 heavy (non-hydrogen) atoms. The second-order valence-electron chi connectivity index (χ2n) is 13.3. The molecule has 13 nitrogen and oxygen atoms in total. The molecule has 1 aliphatic rings. The Morgan fingerprint density at radius 1 is 0.959 bits per heavy atom. The molecular formula is C36H41N5O8. The van der Waals surface area contributed by atoms with Crippen LogP contribution in [0, 0.1) is 19.3 Å². The number of benzene rings is 2. The first-order chi connectivity index (χ1) is 23.2. The summed E-state index contributed by atoms with van der Waals surface area (Å²) in [7, 11) is 3.54. The summed E-state index contributed by atoms with van der Waals surface area (Å²) in [6.45, 7) is 8.35.